The summed E-state index contributed by atoms with van der Waals surface area (Å²) in [5, 5.41) is 9.03. The average molecular weight is 230 g/mol. The Morgan fingerprint density at radius 2 is 1.92 bits per heavy atom. The van der Waals surface area contributed by atoms with E-state index in [0.717, 1.165) is 0 Å². The van der Waals surface area contributed by atoms with Crippen LogP contribution >= 0.6 is 23.2 Å². The van der Waals surface area contributed by atoms with Gasteiger partial charge in [0.2, 0.25) is 0 Å². The molecule has 0 aromatic heterocycles. The maximum atomic E-state index is 10.5. The number of benzene rings is 1. The van der Waals surface area contributed by atoms with Gasteiger partial charge in [-0.15, -0.1) is 0 Å². The minimum absolute atomic E-state index is 0. The summed E-state index contributed by atoms with van der Waals surface area (Å²) in [5.41, 5.74) is 5.34. The second kappa shape index (κ2) is 5.08. The molecular formula is C7H6Cl2NNaO2. The summed E-state index contributed by atoms with van der Waals surface area (Å²) in [4.78, 5) is 10.5. The summed E-state index contributed by atoms with van der Waals surface area (Å²) in [6.07, 6.45) is 0. The van der Waals surface area contributed by atoms with Crippen molar-refractivity contribution in [1.29, 1.82) is 0 Å². The summed E-state index contributed by atoms with van der Waals surface area (Å²) in [6, 6.07) is 2.65. The van der Waals surface area contributed by atoms with E-state index in [-0.39, 0.29) is 50.9 Å². The maximum absolute atomic E-state index is 10.5. The van der Waals surface area contributed by atoms with Gasteiger partial charge in [0.1, 0.15) is 0 Å². The molecule has 0 spiro atoms. The van der Waals surface area contributed by atoms with Gasteiger partial charge in [0.25, 0.3) is 0 Å². The second-order valence-electron chi connectivity index (χ2n) is 2.15. The van der Waals surface area contributed by atoms with Gasteiger partial charge in [0, 0.05) is 5.02 Å². The Morgan fingerprint density at radius 1 is 1.38 bits per heavy atom. The van der Waals surface area contributed by atoms with Crippen LogP contribution in [-0.4, -0.2) is 40.6 Å². The van der Waals surface area contributed by atoms with Gasteiger partial charge >= 0.3 is 35.5 Å². The zero-order valence-electron chi connectivity index (χ0n) is 5.84. The predicted molar refractivity (Wildman–Crippen MR) is 55.0 cm³/mol. The first-order valence-electron chi connectivity index (χ1n) is 3.00. The van der Waals surface area contributed by atoms with E-state index in [0.29, 0.717) is 0 Å². The fourth-order valence-electron chi connectivity index (χ4n) is 0.762. The number of halogens is 2. The molecule has 0 aliphatic rings. The topological polar surface area (TPSA) is 63.3 Å². The Balaban J connectivity index is 0.00000144. The van der Waals surface area contributed by atoms with Crippen molar-refractivity contribution in [2.75, 3.05) is 5.73 Å². The van der Waals surface area contributed by atoms with Crippen LogP contribution in [0.4, 0.5) is 5.69 Å². The van der Waals surface area contributed by atoms with Crippen LogP contribution in [0.15, 0.2) is 12.1 Å². The normalized spacial score (nSPS) is 9.08. The van der Waals surface area contributed by atoms with Gasteiger partial charge in [0.05, 0.1) is 16.3 Å². The quantitative estimate of drug-likeness (QED) is 0.569. The van der Waals surface area contributed by atoms with E-state index < -0.39 is 5.97 Å². The van der Waals surface area contributed by atoms with Crippen molar-refractivity contribution in [3.63, 3.8) is 0 Å². The van der Waals surface area contributed by atoms with Crippen LogP contribution in [0.1, 0.15) is 10.4 Å². The van der Waals surface area contributed by atoms with Gasteiger partial charge in [-0.05, 0) is 12.1 Å². The number of carboxylic acid groups (broad SMARTS) is 1. The van der Waals surface area contributed by atoms with Crippen LogP contribution in [0, 0.1) is 0 Å². The standard InChI is InChI=1S/C7H5Cl2NO2.Na.H/c8-3-1-4(7(11)12)6(10)5(9)2-3;;/h1-2H,10H2,(H,11,12);;. The van der Waals surface area contributed by atoms with Gasteiger partial charge in [-0.1, -0.05) is 23.2 Å². The molecule has 0 radical (unpaired) electrons. The number of carbonyl (C=O) groups is 1. The van der Waals surface area contributed by atoms with Crippen LogP contribution < -0.4 is 5.73 Å². The molecule has 0 saturated heterocycles. The molecular weight excluding hydrogens is 224 g/mol. The molecule has 3 nitrogen and oxygen atoms in total. The van der Waals surface area contributed by atoms with Gasteiger partial charge in [-0.3, -0.25) is 0 Å². The SMILES string of the molecule is Nc1c(Cl)cc(Cl)cc1C(=O)O.[NaH]. The van der Waals surface area contributed by atoms with Crippen LogP contribution in [0.3, 0.4) is 0 Å². The Kier molecular flexibility index (Phi) is 5.10. The molecule has 0 atom stereocenters. The zero-order valence-corrected chi connectivity index (χ0v) is 7.36. The monoisotopic (exact) mass is 229 g/mol. The molecule has 0 heterocycles. The summed E-state index contributed by atoms with van der Waals surface area (Å²) in [7, 11) is 0. The van der Waals surface area contributed by atoms with Crippen LogP contribution in [-0.2, 0) is 0 Å². The van der Waals surface area contributed by atoms with Crippen molar-refractivity contribution in [2.24, 2.45) is 0 Å². The summed E-state index contributed by atoms with van der Waals surface area (Å²) in [5.74, 6) is -1.14. The first-order valence-corrected chi connectivity index (χ1v) is 3.76. The molecule has 0 aliphatic heterocycles. The molecule has 0 saturated carbocycles. The summed E-state index contributed by atoms with van der Waals surface area (Å²) < 4.78 is 0. The molecule has 1 aromatic carbocycles. The van der Waals surface area contributed by atoms with Crippen molar-refractivity contribution in [2.45, 2.75) is 0 Å². The summed E-state index contributed by atoms with van der Waals surface area (Å²) >= 11 is 11.2. The van der Waals surface area contributed by atoms with Crippen molar-refractivity contribution < 1.29 is 9.90 Å². The average Bonchev–Trinajstić information content (AvgIpc) is 1.96. The molecule has 0 aliphatic carbocycles. The van der Waals surface area contributed by atoms with Crippen LogP contribution in [0.25, 0.3) is 0 Å². The molecule has 0 bridgehead atoms. The fraction of sp³-hybridized carbons (Fsp3) is 0. The van der Waals surface area contributed by atoms with Gasteiger partial charge in [0.15, 0.2) is 0 Å². The van der Waals surface area contributed by atoms with Crippen molar-refractivity contribution in [1.82, 2.24) is 0 Å². The number of nitrogen functional groups attached to an aromatic ring is 1. The molecule has 1 aromatic rings. The number of carboxylic acids is 1. The Morgan fingerprint density at radius 3 is 2.38 bits per heavy atom. The molecule has 13 heavy (non-hydrogen) atoms. The number of anilines is 1. The first-order chi connectivity index (χ1) is 5.52. The van der Waals surface area contributed by atoms with E-state index in [1.54, 1.807) is 0 Å². The third kappa shape index (κ3) is 3.04. The minimum atomic E-state index is -1.14. The first kappa shape index (κ1) is 13.1. The number of nitrogens with two attached hydrogens (primary N) is 1. The fourth-order valence-corrected chi connectivity index (χ4v) is 1.26. The second-order valence-corrected chi connectivity index (χ2v) is 3.00. The summed E-state index contributed by atoms with van der Waals surface area (Å²) in [6.45, 7) is 0. The molecule has 66 valence electrons. The molecule has 6 heteroatoms. The molecule has 0 unspecified atom stereocenters. The third-order valence-corrected chi connectivity index (χ3v) is 1.86. The zero-order chi connectivity index (χ0) is 9.30. The number of hydrogen-bond acceptors (Lipinski definition) is 2. The van der Waals surface area contributed by atoms with Gasteiger partial charge < -0.3 is 10.8 Å². The molecule has 0 amide bonds. The molecule has 1 rings (SSSR count). The van der Waals surface area contributed by atoms with E-state index in [2.05, 4.69) is 0 Å². The van der Waals surface area contributed by atoms with Crippen molar-refractivity contribution in [3.05, 3.63) is 27.7 Å². The number of hydrogen-bond donors (Lipinski definition) is 2. The van der Waals surface area contributed by atoms with Gasteiger partial charge in [-0.2, -0.15) is 0 Å². The van der Waals surface area contributed by atoms with E-state index in [1.807, 2.05) is 0 Å². The van der Waals surface area contributed by atoms with E-state index >= 15 is 0 Å². The molecule has 0 fully saturated rings. The predicted octanol–water partition coefficient (Wildman–Crippen LogP) is 1.63. The number of aromatic carboxylic acids is 1. The molecule has 3 N–H and O–H groups in total. The third-order valence-electron chi connectivity index (χ3n) is 1.32. The van der Waals surface area contributed by atoms with E-state index in [9.17, 15) is 4.79 Å². The Bertz CT molecular complexity index is 344. The van der Waals surface area contributed by atoms with Crippen LogP contribution in [0.2, 0.25) is 10.0 Å². The number of rotatable bonds is 1. The Hall–Kier alpha value is 0.0700. The van der Waals surface area contributed by atoms with Crippen molar-refractivity contribution in [3.8, 4) is 0 Å². The van der Waals surface area contributed by atoms with E-state index in [1.165, 1.54) is 12.1 Å². The van der Waals surface area contributed by atoms with Crippen LogP contribution in [0.5, 0.6) is 0 Å². The van der Waals surface area contributed by atoms with Gasteiger partial charge in [-0.25, -0.2) is 4.79 Å². The Labute approximate surface area is 107 Å². The van der Waals surface area contributed by atoms with E-state index in [4.69, 9.17) is 34.0 Å². The van der Waals surface area contributed by atoms with Crippen molar-refractivity contribution >= 4 is 64.4 Å².